The van der Waals surface area contributed by atoms with Crippen molar-refractivity contribution in [3.05, 3.63) is 64.4 Å². The lowest BCUT2D eigenvalue weighted by atomic mass is 9.87. The number of halogens is 2. The number of fused-ring (bicyclic) bond motifs is 1. The number of benzene rings is 2. The summed E-state index contributed by atoms with van der Waals surface area (Å²) >= 11 is 6.13. The number of allylic oxidation sites excluding steroid dienone is 1. The van der Waals surface area contributed by atoms with Crippen LogP contribution < -0.4 is 4.90 Å². The van der Waals surface area contributed by atoms with E-state index in [2.05, 4.69) is 43.7 Å². The Bertz CT molecular complexity index is 884. The maximum absolute atomic E-state index is 14.8. The standard InChI is InChI=1S/C22H24ClFN2/c1-5-10-26-21-12-19(24)16(11-17(21)15(2)13-22(26,3)4)14-25-20-9-7-6-8-18(20)23/h6-9,11-14H,5,10H2,1-4H3. The van der Waals surface area contributed by atoms with Gasteiger partial charge in [0.05, 0.1) is 16.2 Å². The Morgan fingerprint density at radius 3 is 2.65 bits per heavy atom. The van der Waals surface area contributed by atoms with Gasteiger partial charge in [-0.05, 0) is 57.0 Å². The summed E-state index contributed by atoms with van der Waals surface area (Å²) in [6.45, 7) is 9.44. The van der Waals surface area contributed by atoms with E-state index in [1.54, 1.807) is 18.3 Å². The van der Waals surface area contributed by atoms with Crippen molar-refractivity contribution in [2.24, 2.45) is 4.99 Å². The van der Waals surface area contributed by atoms with Crippen molar-refractivity contribution in [3.63, 3.8) is 0 Å². The summed E-state index contributed by atoms with van der Waals surface area (Å²) in [5, 5.41) is 0.550. The van der Waals surface area contributed by atoms with Crippen LogP contribution in [-0.2, 0) is 0 Å². The van der Waals surface area contributed by atoms with Crippen LogP contribution in [0, 0.1) is 5.82 Å². The average molecular weight is 371 g/mol. The number of hydrogen-bond donors (Lipinski definition) is 0. The van der Waals surface area contributed by atoms with Gasteiger partial charge in [-0.2, -0.15) is 0 Å². The molecular formula is C22H24ClFN2. The molecule has 0 radical (unpaired) electrons. The molecule has 0 saturated heterocycles. The highest BCUT2D eigenvalue weighted by Gasteiger charge is 2.31. The minimum Gasteiger partial charge on any atom is -0.362 e. The van der Waals surface area contributed by atoms with Crippen LogP contribution in [0.25, 0.3) is 5.57 Å². The molecule has 26 heavy (non-hydrogen) atoms. The van der Waals surface area contributed by atoms with Gasteiger partial charge in [0.1, 0.15) is 5.82 Å². The largest absolute Gasteiger partial charge is 0.362 e. The first-order chi connectivity index (χ1) is 12.3. The van der Waals surface area contributed by atoms with Crippen molar-refractivity contribution in [3.8, 4) is 0 Å². The third-order valence-electron chi connectivity index (χ3n) is 4.74. The Hall–Kier alpha value is -2.13. The van der Waals surface area contributed by atoms with Crippen LogP contribution in [0.5, 0.6) is 0 Å². The predicted octanol–water partition coefficient (Wildman–Crippen LogP) is 6.64. The molecular weight excluding hydrogens is 347 g/mol. The first-order valence-corrected chi connectivity index (χ1v) is 9.31. The van der Waals surface area contributed by atoms with Crippen LogP contribution in [0.2, 0.25) is 5.02 Å². The molecule has 4 heteroatoms. The SMILES string of the molecule is CCCN1c2cc(F)c(C=Nc3ccccc3Cl)cc2C(C)=CC1(C)C. The Morgan fingerprint density at radius 2 is 1.96 bits per heavy atom. The van der Waals surface area contributed by atoms with Crippen molar-refractivity contribution in [2.75, 3.05) is 11.4 Å². The van der Waals surface area contributed by atoms with Crippen LogP contribution >= 0.6 is 11.6 Å². The highest BCUT2D eigenvalue weighted by atomic mass is 35.5. The van der Waals surface area contributed by atoms with E-state index in [1.165, 1.54) is 0 Å². The minimum absolute atomic E-state index is 0.132. The molecule has 1 aliphatic heterocycles. The first kappa shape index (κ1) is 18.7. The third-order valence-corrected chi connectivity index (χ3v) is 5.06. The van der Waals surface area contributed by atoms with Crippen molar-refractivity contribution in [2.45, 2.75) is 39.7 Å². The van der Waals surface area contributed by atoms with Gasteiger partial charge < -0.3 is 4.90 Å². The molecule has 0 aromatic heterocycles. The Balaban J connectivity index is 2.04. The average Bonchev–Trinajstić information content (AvgIpc) is 2.58. The smallest absolute Gasteiger partial charge is 0.134 e. The van der Waals surface area contributed by atoms with Gasteiger partial charge in [0.15, 0.2) is 0 Å². The van der Waals surface area contributed by atoms with Crippen molar-refractivity contribution >= 4 is 34.8 Å². The lowest BCUT2D eigenvalue weighted by Gasteiger charge is -2.43. The second kappa shape index (κ2) is 7.24. The van der Waals surface area contributed by atoms with Crippen molar-refractivity contribution in [1.29, 1.82) is 0 Å². The lowest BCUT2D eigenvalue weighted by Crippen LogP contribution is -2.45. The van der Waals surface area contributed by atoms with E-state index < -0.39 is 0 Å². The summed E-state index contributed by atoms with van der Waals surface area (Å²) in [5.74, 6) is -0.272. The number of hydrogen-bond acceptors (Lipinski definition) is 2. The molecule has 0 unspecified atom stereocenters. The summed E-state index contributed by atoms with van der Waals surface area (Å²) in [7, 11) is 0. The van der Waals surface area contributed by atoms with Crippen LogP contribution in [0.15, 0.2) is 47.5 Å². The van der Waals surface area contributed by atoms with Gasteiger partial charge in [0.25, 0.3) is 0 Å². The monoisotopic (exact) mass is 370 g/mol. The molecule has 2 aromatic carbocycles. The molecule has 0 spiro atoms. The van der Waals surface area contributed by atoms with Crippen LogP contribution in [-0.4, -0.2) is 18.3 Å². The maximum Gasteiger partial charge on any atom is 0.134 e. The molecule has 0 aliphatic carbocycles. The molecule has 0 N–H and O–H groups in total. The first-order valence-electron chi connectivity index (χ1n) is 8.93. The van der Waals surface area contributed by atoms with E-state index in [4.69, 9.17) is 11.6 Å². The van der Waals surface area contributed by atoms with Gasteiger partial charge in [-0.15, -0.1) is 0 Å². The Morgan fingerprint density at radius 1 is 1.23 bits per heavy atom. The van der Waals surface area contributed by atoms with E-state index in [9.17, 15) is 4.39 Å². The quantitative estimate of drug-likeness (QED) is 0.550. The van der Waals surface area contributed by atoms with Gasteiger partial charge in [0, 0.05) is 29.6 Å². The number of aliphatic imine (C=N–C) groups is 1. The summed E-state index contributed by atoms with van der Waals surface area (Å²) in [6.07, 6.45) is 4.80. The van der Waals surface area contributed by atoms with Gasteiger partial charge in [0.2, 0.25) is 0 Å². The van der Waals surface area contributed by atoms with E-state index in [0.29, 0.717) is 16.3 Å². The molecule has 0 atom stereocenters. The summed E-state index contributed by atoms with van der Waals surface area (Å²) < 4.78 is 14.8. The van der Waals surface area contributed by atoms with Gasteiger partial charge in [-0.3, -0.25) is 4.99 Å². The highest BCUT2D eigenvalue weighted by molar-refractivity contribution is 6.33. The van der Waals surface area contributed by atoms with Crippen molar-refractivity contribution < 1.29 is 4.39 Å². The van der Waals surface area contributed by atoms with Crippen LogP contribution in [0.1, 0.15) is 45.2 Å². The molecule has 136 valence electrons. The molecule has 0 bridgehead atoms. The van der Waals surface area contributed by atoms with E-state index in [1.807, 2.05) is 24.3 Å². The lowest BCUT2D eigenvalue weighted by molar-refractivity contribution is 0.546. The zero-order chi connectivity index (χ0) is 18.9. The predicted molar refractivity (Wildman–Crippen MR) is 110 cm³/mol. The second-order valence-electron chi connectivity index (χ2n) is 7.23. The number of nitrogens with zero attached hydrogens (tertiary/aromatic N) is 2. The van der Waals surface area contributed by atoms with Crippen LogP contribution in [0.3, 0.4) is 0 Å². The summed E-state index contributed by atoms with van der Waals surface area (Å²) in [6, 6.07) is 10.8. The van der Waals surface area contributed by atoms with E-state index in [-0.39, 0.29) is 11.4 Å². The normalized spacial score (nSPS) is 15.9. The topological polar surface area (TPSA) is 15.6 Å². The van der Waals surface area contributed by atoms with Gasteiger partial charge in [-0.1, -0.05) is 36.7 Å². The Kier molecular flexibility index (Phi) is 5.19. The number of para-hydroxylation sites is 1. The fourth-order valence-electron chi connectivity index (χ4n) is 3.54. The fourth-order valence-corrected chi connectivity index (χ4v) is 3.73. The molecule has 2 nitrogen and oxygen atoms in total. The molecule has 1 aliphatic rings. The van der Waals surface area contributed by atoms with E-state index >= 15 is 0 Å². The maximum atomic E-state index is 14.8. The molecule has 0 fully saturated rings. The number of rotatable bonds is 4. The molecule has 0 saturated carbocycles. The number of anilines is 1. The van der Waals surface area contributed by atoms with Gasteiger partial charge >= 0.3 is 0 Å². The fraction of sp³-hybridized carbons (Fsp3) is 0.318. The van der Waals surface area contributed by atoms with Crippen LogP contribution in [0.4, 0.5) is 15.8 Å². The van der Waals surface area contributed by atoms with Gasteiger partial charge in [-0.25, -0.2) is 4.39 Å². The zero-order valence-corrected chi connectivity index (χ0v) is 16.4. The summed E-state index contributed by atoms with van der Waals surface area (Å²) in [4.78, 5) is 6.64. The molecule has 2 aromatic rings. The zero-order valence-electron chi connectivity index (χ0n) is 15.7. The molecule has 1 heterocycles. The molecule has 0 amide bonds. The molecule has 3 rings (SSSR count). The van der Waals surface area contributed by atoms with Crippen molar-refractivity contribution in [1.82, 2.24) is 0 Å². The minimum atomic E-state index is -0.272. The third kappa shape index (κ3) is 3.54. The highest BCUT2D eigenvalue weighted by Crippen LogP contribution is 2.40. The summed E-state index contributed by atoms with van der Waals surface area (Å²) in [5.41, 5.74) is 4.13. The van der Waals surface area contributed by atoms with E-state index in [0.717, 1.165) is 29.8 Å². The second-order valence-corrected chi connectivity index (χ2v) is 7.64. The Labute approximate surface area is 160 Å².